The fourth-order valence-corrected chi connectivity index (χ4v) is 4.81. The van der Waals surface area contributed by atoms with Crippen LogP contribution in [0.25, 0.3) is 0 Å². The lowest BCUT2D eigenvalue weighted by molar-refractivity contribution is -0.0477. The van der Waals surface area contributed by atoms with E-state index in [1.165, 1.54) is 11.1 Å². The van der Waals surface area contributed by atoms with Crippen LogP contribution in [0.1, 0.15) is 43.2 Å². The van der Waals surface area contributed by atoms with Gasteiger partial charge in [0.05, 0.1) is 18.8 Å². The summed E-state index contributed by atoms with van der Waals surface area (Å²) in [5.74, 6) is 1.42. The first-order valence-corrected chi connectivity index (χ1v) is 7.71. The van der Waals surface area contributed by atoms with Gasteiger partial charge in [0.2, 0.25) is 0 Å². The maximum atomic E-state index is 10.2. The molecule has 4 unspecified atom stereocenters. The highest BCUT2D eigenvalue weighted by molar-refractivity contribution is 5.40. The molecular formula is C17H22O3. The van der Waals surface area contributed by atoms with Crippen molar-refractivity contribution in [3.05, 3.63) is 29.3 Å². The average molecular weight is 274 g/mol. The van der Waals surface area contributed by atoms with Crippen molar-refractivity contribution in [1.29, 1.82) is 0 Å². The minimum atomic E-state index is -0.310. The highest BCUT2D eigenvalue weighted by Crippen LogP contribution is 2.56. The Hall–Kier alpha value is -1.06. The van der Waals surface area contributed by atoms with Gasteiger partial charge in [-0.1, -0.05) is 13.0 Å². The van der Waals surface area contributed by atoms with E-state index < -0.39 is 0 Å². The number of phenols is 1. The van der Waals surface area contributed by atoms with Crippen molar-refractivity contribution in [2.75, 3.05) is 6.61 Å². The normalized spacial score (nSPS) is 42.7. The summed E-state index contributed by atoms with van der Waals surface area (Å²) < 4.78 is 5.98. The monoisotopic (exact) mass is 274 g/mol. The molecule has 2 aliphatic carbocycles. The van der Waals surface area contributed by atoms with Gasteiger partial charge in [0.25, 0.3) is 0 Å². The summed E-state index contributed by atoms with van der Waals surface area (Å²) in [6.45, 7) is 2.69. The van der Waals surface area contributed by atoms with E-state index >= 15 is 0 Å². The molecular weight excluding hydrogens is 252 g/mol. The Bertz CT molecular complexity index is 541. The standard InChI is InChI=1S/C17H22O3/c1-17-7-6-13-12-5-3-11(18)8-10(12)2-4-14(13)16(17)20-9-15(17)19/h3,5,8,13-16,18-19H,2,4,6-7,9H2,1H3/t13?,14?,15-,16?,17?/m0/s1. The van der Waals surface area contributed by atoms with Gasteiger partial charge in [-0.25, -0.2) is 0 Å². The zero-order chi connectivity index (χ0) is 13.9. The molecule has 0 aromatic heterocycles. The number of hydrogen-bond acceptors (Lipinski definition) is 3. The van der Waals surface area contributed by atoms with Crippen LogP contribution in [0, 0.1) is 11.3 Å². The predicted molar refractivity (Wildman–Crippen MR) is 75.7 cm³/mol. The number of fused-ring (bicyclic) bond motifs is 5. The third-order valence-corrected chi connectivity index (χ3v) is 6.02. The van der Waals surface area contributed by atoms with Gasteiger partial charge in [-0.05, 0) is 60.8 Å². The van der Waals surface area contributed by atoms with Crippen LogP contribution in [0.4, 0.5) is 0 Å². The van der Waals surface area contributed by atoms with Crippen molar-refractivity contribution >= 4 is 0 Å². The smallest absolute Gasteiger partial charge is 0.115 e. The molecule has 0 amide bonds. The van der Waals surface area contributed by atoms with Crippen LogP contribution in [0.3, 0.4) is 0 Å². The highest BCUT2D eigenvalue weighted by Gasteiger charge is 2.55. The van der Waals surface area contributed by atoms with Gasteiger partial charge in [-0.15, -0.1) is 0 Å². The first kappa shape index (κ1) is 12.7. The van der Waals surface area contributed by atoms with Crippen LogP contribution in [-0.4, -0.2) is 29.0 Å². The van der Waals surface area contributed by atoms with E-state index in [9.17, 15) is 10.2 Å². The maximum absolute atomic E-state index is 10.2. The van der Waals surface area contributed by atoms with E-state index in [0.29, 0.717) is 24.2 Å². The molecule has 1 saturated heterocycles. The number of aryl methyl sites for hydroxylation is 1. The SMILES string of the molecule is CC12CCC3c4ccc(O)cc4CCC3C1OC[C@@H]2O. The summed E-state index contributed by atoms with van der Waals surface area (Å²) in [7, 11) is 0. The van der Waals surface area contributed by atoms with Crippen LogP contribution in [0.5, 0.6) is 5.75 Å². The number of rotatable bonds is 0. The fraction of sp³-hybridized carbons (Fsp3) is 0.647. The first-order chi connectivity index (χ1) is 9.59. The van der Waals surface area contributed by atoms with E-state index in [4.69, 9.17) is 4.74 Å². The van der Waals surface area contributed by atoms with Crippen molar-refractivity contribution in [3.8, 4) is 5.75 Å². The zero-order valence-electron chi connectivity index (χ0n) is 11.9. The Morgan fingerprint density at radius 2 is 2.15 bits per heavy atom. The molecule has 20 heavy (non-hydrogen) atoms. The molecule has 2 N–H and O–H groups in total. The van der Waals surface area contributed by atoms with Crippen LogP contribution in [0.15, 0.2) is 18.2 Å². The number of aromatic hydroxyl groups is 1. The number of aliphatic hydroxyl groups excluding tert-OH is 1. The van der Waals surface area contributed by atoms with Crippen LogP contribution >= 0.6 is 0 Å². The van der Waals surface area contributed by atoms with Gasteiger partial charge in [0, 0.05) is 5.41 Å². The summed E-state index contributed by atoms with van der Waals surface area (Å²) in [5, 5.41) is 19.9. The summed E-state index contributed by atoms with van der Waals surface area (Å²) in [4.78, 5) is 0. The molecule has 5 atom stereocenters. The molecule has 0 radical (unpaired) electrons. The molecule has 0 bridgehead atoms. The second-order valence-corrected chi connectivity index (χ2v) is 7.01. The Kier molecular flexibility index (Phi) is 2.67. The first-order valence-electron chi connectivity index (χ1n) is 7.71. The Balaban J connectivity index is 1.71. The molecule has 108 valence electrons. The minimum absolute atomic E-state index is 0.0599. The van der Waals surface area contributed by atoms with Gasteiger partial charge in [-0.2, -0.15) is 0 Å². The molecule has 3 nitrogen and oxygen atoms in total. The number of hydrogen-bond donors (Lipinski definition) is 2. The molecule has 3 aliphatic rings. The van der Waals surface area contributed by atoms with Crippen molar-refractivity contribution < 1.29 is 14.9 Å². The number of phenolic OH excluding ortho intramolecular Hbond substituents is 1. The van der Waals surface area contributed by atoms with Crippen molar-refractivity contribution in [3.63, 3.8) is 0 Å². The summed E-state index contributed by atoms with van der Waals surface area (Å²) >= 11 is 0. The molecule has 1 saturated carbocycles. The molecule has 1 aliphatic heterocycles. The summed E-state index contributed by atoms with van der Waals surface area (Å²) in [6.07, 6.45) is 4.15. The Morgan fingerprint density at radius 1 is 1.30 bits per heavy atom. The molecule has 1 aromatic rings. The van der Waals surface area contributed by atoms with Gasteiger partial charge in [0.15, 0.2) is 0 Å². The van der Waals surface area contributed by atoms with Crippen molar-refractivity contribution in [1.82, 2.24) is 0 Å². The largest absolute Gasteiger partial charge is 0.508 e. The number of benzene rings is 1. The molecule has 3 heteroatoms. The molecule has 1 aromatic carbocycles. The number of aliphatic hydroxyl groups is 1. The van der Waals surface area contributed by atoms with Gasteiger partial charge in [-0.3, -0.25) is 0 Å². The van der Waals surface area contributed by atoms with Crippen LogP contribution < -0.4 is 0 Å². The van der Waals surface area contributed by atoms with Gasteiger partial charge < -0.3 is 14.9 Å². The third-order valence-electron chi connectivity index (χ3n) is 6.02. The fourth-order valence-electron chi connectivity index (χ4n) is 4.81. The molecule has 4 rings (SSSR count). The Labute approximate surface area is 119 Å². The third kappa shape index (κ3) is 1.60. The van der Waals surface area contributed by atoms with E-state index in [-0.39, 0.29) is 17.6 Å². The van der Waals surface area contributed by atoms with Gasteiger partial charge in [0.1, 0.15) is 5.75 Å². The number of ether oxygens (including phenoxy) is 1. The van der Waals surface area contributed by atoms with E-state index in [1.54, 1.807) is 6.07 Å². The molecule has 0 spiro atoms. The maximum Gasteiger partial charge on any atom is 0.115 e. The van der Waals surface area contributed by atoms with Gasteiger partial charge >= 0.3 is 0 Å². The second-order valence-electron chi connectivity index (χ2n) is 7.01. The van der Waals surface area contributed by atoms with Crippen LogP contribution in [0.2, 0.25) is 0 Å². The lowest BCUT2D eigenvalue weighted by Crippen LogP contribution is -2.48. The Morgan fingerprint density at radius 3 is 3.00 bits per heavy atom. The van der Waals surface area contributed by atoms with E-state index in [0.717, 1.165) is 25.7 Å². The highest BCUT2D eigenvalue weighted by atomic mass is 16.5. The molecule has 1 heterocycles. The quantitative estimate of drug-likeness (QED) is 0.764. The van der Waals surface area contributed by atoms with E-state index in [1.807, 2.05) is 6.07 Å². The van der Waals surface area contributed by atoms with Crippen LogP contribution in [-0.2, 0) is 11.2 Å². The predicted octanol–water partition coefficient (Wildman–Crippen LogP) is 2.60. The topological polar surface area (TPSA) is 49.7 Å². The average Bonchev–Trinajstić information content (AvgIpc) is 2.74. The molecule has 2 fully saturated rings. The van der Waals surface area contributed by atoms with Crippen molar-refractivity contribution in [2.24, 2.45) is 11.3 Å². The van der Waals surface area contributed by atoms with Crippen molar-refractivity contribution in [2.45, 2.75) is 50.7 Å². The van der Waals surface area contributed by atoms with E-state index in [2.05, 4.69) is 13.0 Å². The second kappa shape index (κ2) is 4.22. The summed E-state index contributed by atoms with van der Waals surface area (Å²) in [6, 6.07) is 5.82. The minimum Gasteiger partial charge on any atom is -0.508 e. The lowest BCUT2D eigenvalue weighted by Gasteiger charge is -2.48. The zero-order valence-corrected chi connectivity index (χ0v) is 11.9. The lowest BCUT2D eigenvalue weighted by atomic mass is 9.58. The summed E-state index contributed by atoms with van der Waals surface area (Å²) in [5.41, 5.74) is 2.63.